The summed E-state index contributed by atoms with van der Waals surface area (Å²) in [7, 11) is 0. The van der Waals surface area contributed by atoms with E-state index in [2.05, 4.69) is 10.6 Å². The van der Waals surface area contributed by atoms with Crippen molar-refractivity contribution >= 4 is 12.0 Å². The number of hydrogen-bond acceptors (Lipinski definition) is 3. The second kappa shape index (κ2) is 8.05. The third-order valence-corrected chi connectivity index (χ3v) is 2.02. The van der Waals surface area contributed by atoms with Crippen LogP contribution < -0.4 is 10.6 Å². The van der Waals surface area contributed by atoms with Crippen LogP contribution in [0.15, 0.2) is 30.3 Å². The summed E-state index contributed by atoms with van der Waals surface area (Å²) in [6.07, 6.45) is -0.686. The minimum atomic E-state index is -0.686. The molecule has 98 valence electrons. The minimum absolute atomic E-state index is 0.0560. The van der Waals surface area contributed by atoms with Gasteiger partial charge in [0, 0.05) is 6.54 Å². The molecule has 0 saturated carbocycles. The Morgan fingerprint density at radius 1 is 1.17 bits per heavy atom. The standard InChI is InChI=1S/C12H15FN2O3/c13-6-7-14-11(16)8-15-12(17)18-9-10-4-2-1-3-5-10/h1-5H,6-9H2,(H,14,16)(H,15,17). The van der Waals surface area contributed by atoms with Crippen LogP contribution in [0.25, 0.3) is 0 Å². The van der Waals surface area contributed by atoms with Crippen LogP contribution in [0, 0.1) is 0 Å². The van der Waals surface area contributed by atoms with Crippen molar-refractivity contribution in [3.05, 3.63) is 35.9 Å². The van der Waals surface area contributed by atoms with Crippen LogP contribution >= 0.6 is 0 Å². The van der Waals surface area contributed by atoms with Gasteiger partial charge in [0.25, 0.3) is 0 Å². The quantitative estimate of drug-likeness (QED) is 0.795. The molecule has 0 aliphatic heterocycles. The van der Waals surface area contributed by atoms with Crippen LogP contribution in [0.2, 0.25) is 0 Å². The average Bonchev–Trinajstić information content (AvgIpc) is 2.41. The molecule has 0 atom stereocenters. The zero-order valence-corrected chi connectivity index (χ0v) is 9.82. The van der Waals surface area contributed by atoms with Crippen molar-refractivity contribution < 1.29 is 18.7 Å². The summed E-state index contributed by atoms with van der Waals surface area (Å²) in [5.41, 5.74) is 0.856. The van der Waals surface area contributed by atoms with Crippen molar-refractivity contribution in [3.8, 4) is 0 Å². The number of amides is 2. The Balaban J connectivity index is 2.16. The normalized spacial score (nSPS) is 9.61. The smallest absolute Gasteiger partial charge is 0.407 e. The number of carbonyl (C=O) groups is 2. The molecular formula is C12H15FN2O3. The molecule has 2 amide bonds. The number of carbonyl (C=O) groups excluding carboxylic acids is 2. The van der Waals surface area contributed by atoms with E-state index in [1.54, 1.807) is 0 Å². The maximum Gasteiger partial charge on any atom is 0.407 e. The minimum Gasteiger partial charge on any atom is -0.445 e. The first-order valence-electron chi connectivity index (χ1n) is 5.49. The molecule has 1 aromatic rings. The molecule has 1 aromatic carbocycles. The van der Waals surface area contributed by atoms with Gasteiger partial charge < -0.3 is 15.4 Å². The Labute approximate surface area is 104 Å². The molecule has 5 nitrogen and oxygen atoms in total. The monoisotopic (exact) mass is 254 g/mol. The summed E-state index contributed by atoms with van der Waals surface area (Å²) in [5, 5.41) is 4.54. The molecular weight excluding hydrogens is 239 g/mol. The van der Waals surface area contributed by atoms with Crippen LogP contribution in [-0.4, -0.2) is 31.8 Å². The second-order valence-corrected chi connectivity index (χ2v) is 3.45. The Morgan fingerprint density at radius 3 is 2.56 bits per heavy atom. The van der Waals surface area contributed by atoms with E-state index in [0.29, 0.717) is 0 Å². The van der Waals surface area contributed by atoms with Crippen molar-refractivity contribution in [1.82, 2.24) is 10.6 Å². The Kier molecular flexibility index (Phi) is 6.24. The molecule has 0 heterocycles. The fourth-order valence-corrected chi connectivity index (χ4v) is 1.18. The molecule has 1 rings (SSSR count). The first-order chi connectivity index (χ1) is 8.72. The molecule has 0 bridgehead atoms. The van der Waals surface area contributed by atoms with Crippen LogP contribution in [0.1, 0.15) is 5.56 Å². The third kappa shape index (κ3) is 5.83. The molecule has 6 heteroatoms. The van der Waals surface area contributed by atoms with E-state index in [1.165, 1.54) is 0 Å². The lowest BCUT2D eigenvalue weighted by Gasteiger charge is -2.07. The Morgan fingerprint density at radius 2 is 1.89 bits per heavy atom. The van der Waals surface area contributed by atoms with Crippen molar-refractivity contribution in [2.45, 2.75) is 6.61 Å². The van der Waals surface area contributed by atoms with Crippen LogP contribution in [0.3, 0.4) is 0 Å². The number of rotatable bonds is 6. The lowest BCUT2D eigenvalue weighted by Crippen LogP contribution is -2.37. The lowest BCUT2D eigenvalue weighted by atomic mass is 10.2. The lowest BCUT2D eigenvalue weighted by molar-refractivity contribution is -0.120. The summed E-state index contributed by atoms with van der Waals surface area (Å²) >= 11 is 0. The molecule has 0 aliphatic rings. The topological polar surface area (TPSA) is 67.4 Å². The van der Waals surface area contributed by atoms with E-state index in [4.69, 9.17) is 4.74 Å². The van der Waals surface area contributed by atoms with E-state index < -0.39 is 18.7 Å². The molecule has 0 saturated heterocycles. The summed E-state index contributed by atoms with van der Waals surface area (Å²) in [5.74, 6) is -0.454. The average molecular weight is 254 g/mol. The van der Waals surface area contributed by atoms with Gasteiger partial charge in [0.2, 0.25) is 5.91 Å². The van der Waals surface area contributed by atoms with E-state index in [-0.39, 0.29) is 19.7 Å². The molecule has 0 aliphatic carbocycles. The first kappa shape index (κ1) is 14.0. The number of nitrogens with one attached hydrogen (secondary N) is 2. The van der Waals surface area contributed by atoms with Gasteiger partial charge >= 0.3 is 6.09 Å². The van der Waals surface area contributed by atoms with Gasteiger partial charge in [0.1, 0.15) is 13.3 Å². The molecule has 0 unspecified atom stereocenters. The van der Waals surface area contributed by atoms with E-state index >= 15 is 0 Å². The fourth-order valence-electron chi connectivity index (χ4n) is 1.18. The number of alkyl carbamates (subject to hydrolysis) is 1. The van der Waals surface area contributed by atoms with Crippen molar-refractivity contribution in [2.75, 3.05) is 19.8 Å². The zero-order chi connectivity index (χ0) is 13.2. The van der Waals surface area contributed by atoms with Crippen molar-refractivity contribution in [3.63, 3.8) is 0 Å². The fraction of sp³-hybridized carbons (Fsp3) is 0.333. The van der Waals surface area contributed by atoms with Gasteiger partial charge in [0.15, 0.2) is 0 Å². The summed E-state index contributed by atoms with van der Waals surface area (Å²) in [4.78, 5) is 22.2. The van der Waals surface area contributed by atoms with Gasteiger partial charge in [-0.05, 0) is 5.56 Å². The number of benzene rings is 1. The second-order valence-electron chi connectivity index (χ2n) is 3.45. The van der Waals surface area contributed by atoms with Gasteiger partial charge in [0.05, 0.1) is 6.54 Å². The van der Waals surface area contributed by atoms with Gasteiger partial charge in [-0.2, -0.15) is 0 Å². The number of halogens is 1. The molecule has 0 fully saturated rings. The van der Waals surface area contributed by atoms with Gasteiger partial charge in [-0.25, -0.2) is 9.18 Å². The van der Waals surface area contributed by atoms with Crippen molar-refractivity contribution in [1.29, 1.82) is 0 Å². The van der Waals surface area contributed by atoms with Crippen molar-refractivity contribution in [2.24, 2.45) is 0 Å². The summed E-state index contributed by atoms with van der Waals surface area (Å²) in [6.45, 7) is -0.782. The van der Waals surface area contributed by atoms with E-state index in [9.17, 15) is 14.0 Å². The predicted molar refractivity (Wildman–Crippen MR) is 63.6 cm³/mol. The number of alkyl halides is 1. The van der Waals surface area contributed by atoms with Crippen LogP contribution in [0.5, 0.6) is 0 Å². The summed E-state index contributed by atoms with van der Waals surface area (Å²) < 4.78 is 16.6. The van der Waals surface area contributed by atoms with E-state index in [1.807, 2.05) is 30.3 Å². The molecule has 18 heavy (non-hydrogen) atoms. The largest absolute Gasteiger partial charge is 0.445 e. The maximum atomic E-state index is 11.7. The Hall–Kier alpha value is -2.11. The molecule has 0 radical (unpaired) electrons. The van der Waals surface area contributed by atoms with Gasteiger partial charge in [-0.1, -0.05) is 30.3 Å². The highest BCUT2D eigenvalue weighted by Crippen LogP contribution is 2.00. The van der Waals surface area contributed by atoms with Gasteiger partial charge in [-0.3, -0.25) is 4.79 Å². The number of hydrogen-bond donors (Lipinski definition) is 2. The zero-order valence-electron chi connectivity index (χ0n) is 9.82. The highest BCUT2D eigenvalue weighted by Gasteiger charge is 2.05. The van der Waals surface area contributed by atoms with Crippen LogP contribution in [-0.2, 0) is 16.1 Å². The third-order valence-electron chi connectivity index (χ3n) is 2.02. The maximum absolute atomic E-state index is 11.7. The molecule has 2 N–H and O–H groups in total. The summed E-state index contributed by atoms with van der Waals surface area (Å²) in [6, 6.07) is 9.17. The highest BCUT2D eigenvalue weighted by molar-refractivity contribution is 5.82. The van der Waals surface area contributed by atoms with Crippen LogP contribution in [0.4, 0.5) is 9.18 Å². The first-order valence-corrected chi connectivity index (χ1v) is 5.49. The highest BCUT2D eigenvalue weighted by atomic mass is 19.1. The van der Waals surface area contributed by atoms with E-state index in [0.717, 1.165) is 5.56 Å². The SMILES string of the molecule is O=C(CNC(=O)OCc1ccccc1)NCCF. The predicted octanol–water partition coefficient (Wildman–Crippen LogP) is 0.999. The Bertz CT molecular complexity index is 384. The molecule has 0 spiro atoms. The van der Waals surface area contributed by atoms with Gasteiger partial charge in [-0.15, -0.1) is 0 Å². The molecule has 0 aromatic heterocycles. The number of ether oxygens (including phenoxy) is 1.